The van der Waals surface area contributed by atoms with E-state index < -0.39 is 0 Å². The molecule has 23 heavy (non-hydrogen) atoms. The molecular weight excluding hydrogens is 314 g/mol. The maximum Gasteiger partial charge on any atom is 0.144 e. The van der Waals surface area contributed by atoms with Gasteiger partial charge in [-0.2, -0.15) is 0 Å². The van der Waals surface area contributed by atoms with Crippen molar-refractivity contribution in [2.75, 3.05) is 38.3 Å². The third-order valence-corrected chi connectivity index (χ3v) is 4.06. The molecule has 0 saturated carbocycles. The molecule has 122 valence electrons. The van der Waals surface area contributed by atoms with Gasteiger partial charge in [0.2, 0.25) is 0 Å². The number of methoxy groups -OCH3 is 1. The van der Waals surface area contributed by atoms with Crippen molar-refractivity contribution >= 4 is 17.3 Å². The van der Waals surface area contributed by atoms with Gasteiger partial charge in [0.15, 0.2) is 0 Å². The van der Waals surface area contributed by atoms with Gasteiger partial charge in [-0.3, -0.25) is 0 Å². The van der Waals surface area contributed by atoms with E-state index in [0.717, 1.165) is 49.1 Å². The lowest BCUT2D eigenvalue weighted by molar-refractivity contribution is 0.122. The molecule has 2 aromatic rings. The Hall–Kier alpha value is -1.91. The molecule has 1 aliphatic heterocycles. The summed E-state index contributed by atoms with van der Waals surface area (Å²) in [7, 11) is 1.66. The van der Waals surface area contributed by atoms with E-state index in [-0.39, 0.29) is 0 Å². The van der Waals surface area contributed by atoms with Crippen LogP contribution in [0.1, 0.15) is 5.56 Å². The fourth-order valence-corrected chi connectivity index (χ4v) is 2.71. The number of rotatable bonds is 5. The summed E-state index contributed by atoms with van der Waals surface area (Å²) in [5.74, 6) is 1.64. The van der Waals surface area contributed by atoms with Gasteiger partial charge in [-0.05, 0) is 29.8 Å². The minimum absolute atomic E-state index is 0.488. The molecule has 1 heterocycles. The maximum absolute atomic E-state index is 6.14. The van der Waals surface area contributed by atoms with E-state index in [1.54, 1.807) is 7.11 Å². The van der Waals surface area contributed by atoms with Crippen LogP contribution in [0.25, 0.3) is 0 Å². The van der Waals surface area contributed by atoms with Crippen LogP contribution in [0.3, 0.4) is 0 Å². The van der Waals surface area contributed by atoms with Gasteiger partial charge in [-0.15, -0.1) is 0 Å². The highest BCUT2D eigenvalue weighted by atomic mass is 35.5. The maximum atomic E-state index is 6.14. The number of hydrogen-bond donors (Lipinski definition) is 0. The topological polar surface area (TPSA) is 30.9 Å². The summed E-state index contributed by atoms with van der Waals surface area (Å²) in [6, 6.07) is 13.6. The van der Waals surface area contributed by atoms with Gasteiger partial charge in [-0.25, -0.2) is 0 Å². The Balaban J connectivity index is 1.73. The second kappa shape index (κ2) is 7.57. The predicted molar refractivity (Wildman–Crippen MR) is 91.8 cm³/mol. The summed E-state index contributed by atoms with van der Waals surface area (Å²) in [5, 5.41) is 0.673. The number of hydrogen-bond acceptors (Lipinski definition) is 4. The summed E-state index contributed by atoms with van der Waals surface area (Å²) in [6.45, 7) is 3.68. The molecule has 4 nitrogen and oxygen atoms in total. The first kappa shape index (κ1) is 16.0. The smallest absolute Gasteiger partial charge is 0.144 e. The third kappa shape index (κ3) is 4.09. The average Bonchev–Trinajstić information content (AvgIpc) is 2.61. The van der Waals surface area contributed by atoms with Gasteiger partial charge >= 0.3 is 0 Å². The molecule has 3 rings (SSSR count). The lowest BCUT2D eigenvalue weighted by atomic mass is 10.2. The summed E-state index contributed by atoms with van der Waals surface area (Å²) in [4.78, 5) is 2.27. The molecule has 0 aliphatic carbocycles. The van der Waals surface area contributed by atoms with Crippen molar-refractivity contribution in [1.82, 2.24) is 0 Å². The van der Waals surface area contributed by atoms with E-state index in [9.17, 15) is 0 Å². The molecule has 0 unspecified atom stereocenters. The van der Waals surface area contributed by atoms with Crippen LogP contribution < -0.4 is 14.4 Å². The van der Waals surface area contributed by atoms with Gasteiger partial charge in [-0.1, -0.05) is 23.7 Å². The van der Waals surface area contributed by atoms with Crippen LogP contribution in [0.2, 0.25) is 5.02 Å². The van der Waals surface area contributed by atoms with Gasteiger partial charge < -0.3 is 19.1 Å². The van der Waals surface area contributed by atoms with Crippen molar-refractivity contribution in [2.24, 2.45) is 0 Å². The lowest BCUT2D eigenvalue weighted by Gasteiger charge is -2.30. The third-order valence-electron chi connectivity index (χ3n) is 3.83. The van der Waals surface area contributed by atoms with E-state index in [1.165, 1.54) is 0 Å². The van der Waals surface area contributed by atoms with Crippen LogP contribution in [0.15, 0.2) is 42.5 Å². The molecule has 2 aromatic carbocycles. The van der Waals surface area contributed by atoms with E-state index in [1.807, 2.05) is 42.5 Å². The SMILES string of the molecule is COc1ccc(COc2cc(Cl)ccc2N2CCOCC2)cc1. The van der Waals surface area contributed by atoms with Crippen molar-refractivity contribution in [3.63, 3.8) is 0 Å². The normalized spacial score (nSPS) is 14.6. The van der Waals surface area contributed by atoms with Crippen molar-refractivity contribution in [1.29, 1.82) is 0 Å². The monoisotopic (exact) mass is 333 g/mol. The van der Waals surface area contributed by atoms with Crippen LogP contribution >= 0.6 is 11.6 Å². The van der Waals surface area contributed by atoms with Gasteiger partial charge in [0.25, 0.3) is 0 Å². The van der Waals surface area contributed by atoms with Crippen molar-refractivity contribution in [3.8, 4) is 11.5 Å². The van der Waals surface area contributed by atoms with Gasteiger partial charge in [0.1, 0.15) is 18.1 Å². The minimum atomic E-state index is 0.488. The Morgan fingerprint density at radius 2 is 1.83 bits per heavy atom. The summed E-state index contributed by atoms with van der Waals surface area (Å²) >= 11 is 6.14. The molecule has 1 aliphatic rings. The fraction of sp³-hybridized carbons (Fsp3) is 0.333. The number of morpholine rings is 1. The molecule has 1 saturated heterocycles. The zero-order chi connectivity index (χ0) is 16.1. The van der Waals surface area contributed by atoms with Crippen LogP contribution in [-0.4, -0.2) is 33.4 Å². The molecule has 0 atom stereocenters. The van der Waals surface area contributed by atoms with Crippen molar-refractivity contribution in [3.05, 3.63) is 53.1 Å². The summed E-state index contributed by atoms with van der Waals surface area (Å²) in [6.07, 6.45) is 0. The Morgan fingerprint density at radius 1 is 1.09 bits per heavy atom. The fourth-order valence-electron chi connectivity index (χ4n) is 2.55. The first-order valence-corrected chi connectivity index (χ1v) is 8.02. The summed E-state index contributed by atoms with van der Waals surface area (Å²) in [5.41, 5.74) is 2.14. The zero-order valence-corrected chi connectivity index (χ0v) is 13.9. The summed E-state index contributed by atoms with van der Waals surface area (Å²) < 4.78 is 16.6. The van der Waals surface area contributed by atoms with Gasteiger partial charge in [0.05, 0.1) is 26.0 Å². The number of anilines is 1. The first-order valence-electron chi connectivity index (χ1n) is 7.64. The number of benzene rings is 2. The minimum Gasteiger partial charge on any atom is -0.497 e. The lowest BCUT2D eigenvalue weighted by Crippen LogP contribution is -2.36. The molecule has 0 N–H and O–H groups in total. The second-order valence-electron chi connectivity index (χ2n) is 5.35. The number of nitrogens with zero attached hydrogens (tertiary/aromatic N) is 1. The Labute approximate surface area is 141 Å². The predicted octanol–water partition coefficient (Wildman–Crippen LogP) is 3.76. The zero-order valence-electron chi connectivity index (χ0n) is 13.1. The van der Waals surface area contributed by atoms with E-state index in [2.05, 4.69) is 4.90 Å². The highest BCUT2D eigenvalue weighted by molar-refractivity contribution is 6.30. The quantitative estimate of drug-likeness (QED) is 0.833. The van der Waals surface area contributed by atoms with Crippen LogP contribution in [0.4, 0.5) is 5.69 Å². The highest BCUT2D eigenvalue weighted by Gasteiger charge is 2.16. The molecule has 0 radical (unpaired) electrons. The number of ether oxygens (including phenoxy) is 3. The molecule has 0 aromatic heterocycles. The van der Waals surface area contributed by atoms with Gasteiger partial charge in [0, 0.05) is 24.2 Å². The van der Waals surface area contributed by atoms with Crippen molar-refractivity contribution in [2.45, 2.75) is 6.61 Å². The molecule has 0 spiro atoms. The highest BCUT2D eigenvalue weighted by Crippen LogP contribution is 2.32. The van der Waals surface area contributed by atoms with Crippen LogP contribution in [-0.2, 0) is 11.3 Å². The second-order valence-corrected chi connectivity index (χ2v) is 5.78. The molecule has 0 bridgehead atoms. The first-order chi connectivity index (χ1) is 11.3. The molecule has 0 amide bonds. The molecule has 5 heteroatoms. The number of halogens is 1. The van der Waals surface area contributed by atoms with E-state index in [0.29, 0.717) is 11.6 Å². The van der Waals surface area contributed by atoms with Crippen LogP contribution in [0.5, 0.6) is 11.5 Å². The Bertz CT molecular complexity index is 639. The van der Waals surface area contributed by atoms with E-state index in [4.69, 9.17) is 25.8 Å². The van der Waals surface area contributed by atoms with Crippen molar-refractivity contribution < 1.29 is 14.2 Å². The van der Waals surface area contributed by atoms with Crippen LogP contribution in [0, 0.1) is 0 Å². The van der Waals surface area contributed by atoms with E-state index >= 15 is 0 Å². The standard InChI is InChI=1S/C18H20ClNO3/c1-21-16-5-2-14(3-6-16)13-23-18-12-15(19)4-7-17(18)20-8-10-22-11-9-20/h2-7,12H,8-11,13H2,1H3. The average molecular weight is 334 g/mol. The molecule has 1 fully saturated rings. The molecular formula is C18H20ClNO3. The Kier molecular flexibility index (Phi) is 5.26. The Morgan fingerprint density at radius 3 is 2.52 bits per heavy atom. The largest absolute Gasteiger partial charge is 0.497 e.